The van der Waals surface area contributed by atoms with Crippen LogP contribution in [0.4, 0.5) is 5.69 Å². The van der Waals surface area contributed by atoms with E-state index in [2.05, 4.69) is 37.4 Å². The molecule has 2 rings (SSSR count). The van der Waals surface area contributed by atoms with E-state index in [9.17, 15) is 4.79 Å². The molecule has 0 aliphatic carbocycles. The number of ether oxygens (including phenoxy) is 1. The number of methoxy groups -OCH3 is 1. The summed E-state index contributed by atoms with van der Waals surface area (Å²) >= 11 is 1.57. The molecule has 1 unspecified atom stereocenters. The summed E-state index contributed by atoms with van der Waals surface area (Å²) in [5.41, 5.74) is 3.08. The quantitative estimate of drug-likeness (QED) is 0.829. The van der Waals surface area contributed by atoms with E-state index in [0.29, 0.717) is 11.4 Å². The van der Waals surface area contributed by atoms with Crippen molar-refractivity contribution in [1.82, 2.24) is 0 Å². The molecule has 0 heterocycles. The average Bonchev–Trinajstić information content (AvgIpc) is 2.51. The summed E-state index contributed by atoms with van der Waals surface area (Å²) in [6, 6.07) is 13.7. The van der Waals surface area contributed by atoms with Gasteiger partial charge in [-0.25, -0.2) is 0 Å². The first-order valence-electron chi connectivity index (χ1n) is 7.19. The van der Waals surface area contributed by atoms with Crippen molar-refractivity contribution in [1.29, 1.82) is 0 Å². The second kappa shape index (κ2) is 7.36. The van der Waals surface area contributed by atoms with Crippen molar-refractivity contribution in [3.8, 4) is 5.75 Å². The van der Waals surface area contributed by atoms with E-state index in [4.69, 9.17) is 4.74 Å². The SMILES string of the molecule is COc1ccccc1NC(=O)C(C)Sc1cc(C)ccc1C. The van der Waals surface area contributed by atoms with Gasteiger partial charge in [-0.1, -0.05) is 29.8 Å². The Balaban J connectivity index is 2.07. The van der Waals surface area contributed by atoms with E-state index < -0.39 is 0 Å². The summed E-state index contributed by atoms with van der Waals surface area (Å²) in [5.74, 6) is 0.634. The van der Waals surface area contributed by atoms with E-state index in [1.165, 1.54) is 11.1 Å². The highest BCUT2D eigenvalue weighted by atomic mass is 32.2. The summed E-state index contributed by atoms with van der Waals surface area (Å²) < 4.78 is 5.26. The number of benzene rings is 2. The lowest BCUT2D eigenvalue weighted by molar-refractivity contribution is -0.115. The maximum absolute atomic E-state index is 12.4. The predicted octanol–water partition coefficient (Wildman–Crippen LogP) is 4.43. The smallest absolute Gasteiger partial charge is 0.237 e. The first kappa shape index (κ1) is 16.4. The van der Waals surface area contributed by atoms with Crippen molar-refractivity contribution in [3.05, 3.63) is 53.6 Å². The largest absolute Gasteiger partial charge is 0.495 e. The van der Waals surface area contributed by atoms with E-state index in [-0.39, 0.29) is 11.2 Å². The summed E-state index contributed by atoms with van der Waals surface area (Å²) in [5, 5.41) is 2.74. The summed E-state index contributed by atoms with van der Waals surface area (Å²) in [6.45, 7) is 6.03. The molecule has 2 aromatic carbocycles. The minimum Gasteiger partial charge on any atom is -0.495 e. The summed E-state index contributed by atoms with van der Waals surface area (Å²) in [6.07, 6.45) is 0. The fourth-order valence-corrected chi connectivity index (χ4v) is 3.12. The van der Waals surface area contributed by atoms with Crippen LogP contribution in [0, 0.1) is 13.8 Å². The van der Waals surface area contributed by atoms with Gasteiger partial charge in [0.25, 0.3) is 0 Å². The third-order valence-electron chi connectivity index (χ3n) is 3.38. The van der Waals surface area contributed by atoms with Crippen LogP contribution in [-0.4, -0.2) is 18.3 Å². The van der Waals surface area contributed by atoms with Crippen molar-refractivity contribution >= 4 is 23.4 Å². The lowest BCUT2D eigenvalue weighted by atomic mass is 10.2. The zero-order valence-electron chi connectivity index (χ0n) is 13.3. The number of aryl methyl sites for hydroxylation is 2. The molecule has 1 N–H and O–H groups in total. The lowest BCUT2D eigenvalue weighted by Gasteiger charge is -2.15. The van der Waals surface area contributed by atoms with Gasteiger partial charge in [-0.15, -0.1) is 11.8 Å². The molecule has 4 heteroatoms. The molecule has 0 bridgehead atoms. The molecule has 1 amide bonds. The second-order valence-corrected chi connectivity index (χ2v) is 6.60. The van der Waals surface area contributed by atoms with Crippen LogP contribution in [0.25, 0.3) is 0 Å². The van der Waals surface area contributed by atoms with Crippen LogP contribution in [0.3, 0.4) is 0 Å². The highest BCUT2D eigenvalue weighted by Crippen LogP contribution is 2.29. The van der Waals surface area contributed by atoms with Gasteiger partial charge in [0.05, 0.1) is 18.0 Å². The van der Waals surface area contributed by atoms with Gasteiger partial charge in [0.15, 0.2) is 0 Å². The monoisotopic (exact) mass is 315 g/mol. The number of carbonyl (C=O) groups excluding carboxylic acids is 1. The standard InChI is InChI=1S/C18H21NO2S/c1-12-9-10-13(2)17(11-12)22-14(3)18(20)19-15-7-5-6-8-16(15)21-4/h5-11,14H,1-4H3,(H,19,20). The zero-order valence-corrected chi connectivity index (χ0v) is 14.2. The molecule has 0 spiro atoms. The highest BCUT2D eigenvalue weighted by molar-refractivity contribution is 8.00. The molecule has 0 saturated heterocycles. The Morgan fingerprint density at radius 3 is 2.64 bits per heavy atom. The van der Waals surface area contributed by atoms with Crippen LogP contribution in [0.2, 0.25) is 0 Å². The van der Waals surface area contributed by atoms with Gasteiger partial charge in [-0.2, -0.15) is 0 Å². The maximum Gasteiger partial charge on any atom is 0.237 e. The molecule has 0 saturated carbocycles. The number of anilines is 1. The molecule has 0 fully saturated rings. The molecular weight excluding hydrogens is 294 g/mol. The van der Waals surface area contributed by atoms with Gasteiger partial charge in [-0.3, -0.25) is 4.79 Å². The number of nitrogens with one attached hydrogen (secondary N) is 1. The zero-order chi connectivity index (χ0) is 16.1. The fourth-order valence-electron chi connectivity index (χ4n) is 2.06. The topological polar surface area (TPSA) is 38.3 Å². The van der Waals surface area contributed by atoms with Gasteiger partial charge < -0.3 is 10.1 Å². The second-order valence-electron chi connectivity index (χ2n) is 5.22. The third kappa shape index (κ3) is 4.04. The van der Waals surface area contributed by atoms with Crippen LogP contribution in [-0.2, 0) is 4.79 Å². The Kier molecular flexibility index (Phi) is 5.50. The molecule has 0 aliphatic rings. The maximum atomic E-state index is 12.4. The minimum atomic E-state index is -0.189. The van der Waals surface area contributed by atoms with Crippen molar-refractivity contribution < 1.29 is 9.53 Å². The highest BCUT2D eigenvalue weighted by Gasteiger charge is 2.17. The summed E-state index contributed by atoms with van der Waals surface area (Å²) in [4.78, 5) is 13.5. The van der Waals surface area contributed by atoms with Crippen LogP contribution in [0.1, 0.15) is 18.1 Å². The first-order chi connectivity index (χ1) is 10.5. The Hall–Kier alpha value is -1.94. The minimum absolute atomic E-state index is 0.0320. The fraction of sp³-hybridized carbons (Fsp3) is 0.278. The van der Waals surface area contributed by atoms with Gasteiger partial charge in [-0.05, 0) is 44.5 Å². The molecule has 2 aromatic rings. The normalized spacial score (nSPS) is 11.8. The Morgan fingerprint density at radius 2 is 1.91 bits per heavy atom. The van der Waals surface area contributed by atoms with Crippen LogP contribution in [0.5, 0.6) is 5.75 Å². The number of carbonyl (C=O) groups is 1. The number of rotatable bonds is 5. The van der Waals surface area contributed by atoms with E-state index in [1.54, 1.807) is 18.9 Å². The van der Waals surface area contributed by atoms with Gasteiger partial charge in [0.2, 0.25) is 5.91 Å². The Labute approximate surface area is 136 Å². The molecule has 22 heavy (non-hydrogen) atoms. The van der Waals surface area contributed by atoms with Crippen LogP contribution < -0.4 is 10.1 Å². The third-order valence-corrected chi connectivity index (χ3v) is 4.64. The molecule has 116 valence electrons. The first-order valence-corrected chi connectivity index (χ1v) is 8.07. The molecule has 3 nitrogen and oxygen atoms in total. The van der Waals surface area contributed by atoms with Gasteiger partial charge in [0.1, 0.15) is 5.75 Å². The van der Waals surface area contributed by atoms with Crippen LogP contribution in [0.15, 0.2) is 47.4 Å². The predicted molar refractivity (Wildman–Crippen MR) is 92.9 cm³/mol. The van der Waals surface area contributed by atoms with E-state index >= 15 is 0 Å². The molecule has 0 radical (unpaired) electrons. The molecule has 1 atom stereocenters. The average molecular weight is 315 g/mol. The van der Waals surface area contributed by atoms with Crippen molar-refractivity contribution in [3.63, 3.8) is 0 Å². The number of amides is 1. The van der Waals surface area contributed by atoms with E-state index in [0.717, 1.165) is 4.90 Å². The Morgan fingerprint density at radius 1 is 1.18 bits per heavy atom. The molecule has 0 aromatic heterocycles. The number of hydrogen-bond acceptors (Lipinski definition) is 3. The van der Waals surface area contributed by atoms with Gasteiger partial charge in [0, 0.05) is 4.90 Å². The number of para-hydroxylation sites is 2. The molecule has 0 aliphatic heterocycles. The van der Waals surface area contributed by atoms with Gasteiger partial charge >= 0.3 is 0 Å². The Bertz CT molecular complexity index is 670. The number of thioether (sulfide) groups is 1. The van der Waals surface area contributed by atoms with Crippen molar-refractivity contribution in [2.75, 3.05) is 12.4 Å². The van der Waals surface area contributed by atoms with E-state index in [1.807, 2.05) is 31.2 Å². The lowest BCUT2D eigenvalue weighted by Crippen LogP contribution is -2.22. The molecular formula is C18H21NO2S. The van der Waals surface area contributed by atoms with Crippen molar-refractivity contribution in [2.24, 2.45) is 0 Å². The van der Waals surface area contributed by atoms with Crippen LogP contribution >= 0.6 is 11.8 Å². The van der Waals surface area contributed by atoms with Crippen molar-refractivity contribution in [2.45, 2.75) is 30.9 Å². The number of hydrogen-bond donors (Lipinski definition) is 1. The summed E-state index contributed by atoms with van der Waals surface area (Å²) in [7, 11) is 1.60.